The maximum atomic E-state index is 13.4. The zero-order valence-electron chi connectivity index (χ0n) is 36.5. The van der Waals surface area contributed by atoms with E-state index in [1.807, 2.05) is 0 Å². The molecule has 336 valence electrons. The largest absolute Gasteiger partial charge is 1.00 e. The fourth-order valence-electron chi connectivity index (χ4n) is 6.05. The van der Waals surface area contributed by atoms with Gasteiger partial charge in [0.05, 0.1) is 44.2 Å². The van der Waals surface area contributed by atoms with Crippen LogP contribution in [0.4, 0.5) is 27.5 Å². The van der Waals surface area contributed by atoms with Crippen LogP contribution in [-0.2, 0) is 40.5 Å². The summed E-state index contributed by atoms with van der Waals surface area (Å²) in [5.41, 5.74) is 1.64. The average molecular weight is 1050 g/mol. The number of ketones is 2. The Morgan fingerprint density at radius 3 is 1.16 bits per heavy atom. The van der Waals surface area contributed by atoms with Crippen LogP contribution >= 0.6 is 0 Å². The Kier molecular flexibility index (Phi) is 22.1. The number of hydrazone groups is 2. The van der Waals surface area contributed by atoms with Gasteiger partial charge in [0.25, 0.3) is 0 Å². The van der Waals surface area contributed by atoms with Gasteiger partial charge in [-0.2, -0.15) is 10.2 Å². The van der Waals surface area contributed by atoms with Crippen LogP contribution in [0.2, 0.25) is 0 Å². The minimum atomic E-state index is -5.41. The molecule has 0 spiro atoms. The maximum Gasteiger partial charge on any atom is 1.00 e. The maximum absolute atomic E-state index is 13.4. The molecule has 23 nitrogen and oxygen atoms in total. The number of carbonyl (C=O) groups is 3. The number of fused-ring (bicyclic) bond motifs is 2. The van der Waals surface area contributed by atoms with Gasteiger partial charge in [0.15, 0.2) is 0 Å². The summed E-state index contributed by atoms with van der Waals surface area (Å²) < 4.78 is 155. The van der Waals surface area contributed by atoms with E-state index in [2.05, 4.69) is 31.7 Å². The van der Waals surface area contributed by atoms with Crippen molar-refractivity contribution in [3.8, 4) is 11.5 Å². The van der Waals surface area contributed by atoms with Gasteiger partial charge in [0.2, 0.25) is 11.6 Å². The molecule has 0 saturated carbocycles. The number of hydrogen-bond donors (Lipinski definition) is 4. The molecule has 2 aliphatic carbocycles. The number of amides is 2. The second kappa shape index (κ2) is 24.5. The van der Waals surface area contributed by atoms with Crippen LogP contribution in [0.3, 0.4) is 0 Å². The van der Waals surface area contributed by atoms with Gasteiger partial charge in [0, 0.05) is 22.5 Å². The Morgan fingerprint density at radius 1 is 0.515 bits per heavy atom. The summed E-state index contributed by atoms with van der Waals surface area (Å²) in [6.07, 6.45) is 1.62. The molecule has 2 aliphatic rings. The summed E-state index contributed by atoms with van der Waals surface area (Å²) in [5, 5.41) is 12.3. The van der Waals surface area contributed by atoms with Gasteiger partial charge < -0.3 is 38.3 Å². The monoisotopic (exact) mass is 1050 g/mol. The molecule has 0 unspecified atom stereocenters. The number of carbonyl (C=O) groups excluding carboxylic acids is 3. The zero-order valence-corrected chi connectivity index (χ0v) is 47.7. The second-order valence-corrected chi connectivity index (χ2v) is 18.4. The fourth-order valence-corrected chi connectivity index (χ4v) is 8.64. The van der Waals surface area contributed by atoms with Crippen LogP contribution in [0, 0.1) is 0 Å². The molecule has 4 N–H and O–H groups in total. The van der Waals surface area contributed by atoms with Gasteiger partial charge >= 0.3 is 124 Å². The van der Waals surface area contributed by atoms with Gasteiger partial charge in [-0.3, -0.25) is 20.4 Å². The van der Waals surface area contributed by atoms with E-state index < -0.39 is 89.1 Å². The van der Waals surface area contributed by atoms with E-state index in [1.54, 1.807) is 13.8 Å². The summed E-state index contributed by atoms with van der Waals surface area (Å²) in [7, 11) is -20.9. The minimum absolute atomic E-state index is 0. The summed E-state index contributed by atoms with van der Waals surface area (Å²) in [5.74, 6) is -2.69. The van der Waals surface area contributed by atoms with Crippen LogP contribution in [-0.4, -0.2) is 94.1 Å². The van der Waals surface area contributed by atoms with E-state index in [4.69, 9.17) is 9.47 Å². The van der Waals surface area contributed by atoms with Crippen molar-refractivity contribution in [2.24, 2.45) is 10.2 Å². The van der Waals surface area contributed by atoms with Crippen molar-refractivity contribution in [1.29, 1.82) is 0 Å². The van der Waals surface area contributed by atoms with E-state index in [-0.39, 0.29) is 188 Å². The first-order valence-corrected chi connectivity index (χ1v) is 23.5. The molecule has 68 heavy (non-hydrogen) atoms. The molecule has 0 aliphatic heterocycles. The molecule has 0 radical (unpaired) electrons. The number of hydrogen-bond acceptors (Lipinski definition) is 21. The predicted octanol–water partition coefficient (Wildman–Crippen LogP) is -8.95. The Hall–Kier alpha value is -2.85. The number of anilines is 4. The third kappa shape index (κ3) is 14.6. The van der Waals surface area contributed by atoms with E-state index >= 15 is 0 Å². The van der Waals surface area contributed by atoms with Crippen LogP contribution in [0.1, 0.15) is 45.7 Å². The van der Waals surface area contributed by atoms with Crippen molar-refractivity contribution in [3.05, 3.63) is 105 Å². The van der Waals surface area contributed by atoms with Gasteiger partial charge in [-0.1, -0.05) is 0 Å². The first-order chi connectivity index (χ1) is 29.9. The average Bonchev–Trinajstić information content (AvgIpc) is 3.19. The van der Waals surface area contributed by atoms with Crippen molar-refractivity contribution < 1.29 is 194 Å². The smallest absolute Gasteiger partial charge is 0.744 e. The molecule has 0 aromatic heterocycles. The third-order valence-corrected chi connectivity index (χ3v) is 12.2. The molecule has 0 atom stereocenters. The van der Waals surface area contributed by atoms with Crippen LogP contribution in [0.25, 0.3) is 12.2 Å². The SMILES string of the molecule is CCOc1ccc(NN=C2C(=O)c3ccc(NC(=O)Nc4ccc5c(c4)C=C(S(=O)(=O)[O-])C(=NNc4ccc(OCC)c(S(=O)(=O)[O-])c4)C5=O)cc3C=C2S(=O)(=O)[O-])cc1S(=O)(=O)[O-].[Na+].[Na+].[Na+].[Na+]. The normalized spacial score (nSPS) is 14.5. The number of nitrogens with zero attached hydrogens (tertiary/aromatic N) is 2. The Labute approximate surface area is 477 Å². The van der Waals surface area contributed by atoms with Gasteiger partial charge in [-0.15, -0.1) is 0 Å². The molecule has 2 amide bonds. The van der Waals surface area contributed by atoms with Crippen molar-refractivity contribution in [3.63, 3.8) is 0 Å². The number of Topliss-reactive ketones (excluding diaryl/α,β-unsaturated/α-hetero) is 2. The number of allylic oxidation sites excluding steroid dienone is 2. The summed E-state index contributed by atoms with van der Waals surface area (Å²) >= 11 is 0. The predicted molar refractivity (Wildman–Crippen MR) is 223 cm³/mol. The fraction of sp³-hybridized carbons (Fsp3) is 0.108. The molecule has 6 rings (SSSR count). The van der Waals surface area contributed by atoms with Crippen LogP contribution in [0.15, 0.2) is 103 Å². The Morgan fingerprint density at radius 2 is 0.853 bits per heavy atom. The molecular weight excluding hydrogens is 1020 g/mol. The number of nitrogens with one attached hydrogen (secondary N) is 4. The van der Waals surface area contributed by atoms with Gasteiger partial charge in [-0.25, -0.2) is 38.5 Å². The van der Waals surface area contributed by atoms with E-state index in [1.165, 1.54) is 36.4 Å². The minimum Gasteiger partial charge on any atom is -0.744 e. The topological polar surface area (TPSA) is 371 Å². The van der Waals surface area contributed by atoms with E-state index in [0.29, 0.717) is 0 Å². The summed E-state index contributed by atoms with van der Waals surface area (Å²) in [6, 6.07) is 12.4. The molecule has 4 aromatic carbocycles. The molecule has 0 bridgehead atoms. The Balaban J connectivity index is 0.00000397. The molecule has 0 saturated heterocycles. The first-order valence-electron chi connectivity index (χ1n) is 17.8. The molecule has 4 aromatic rings. The molecule has 0 fully saturated rings. The Bertz CT molecular complexity index is 3060. The van der Waals surface area contributed by atoms with Gasteiger partial charge in [-0.05, 0) is 110 Å². The van der Waals surface area contributed by atoms with Crippen molar-refractivity contribution in [2.75, 3.05) is 34.7 Å². The van der Waals surface area contributed by atoms with Crippen LogP contribution < -0.4 is 149 Å². The number of rotatable bonds is 14. The number of ether oxygens (including phenoxy) is 2. The van der Waals surface area contributed by atoms with E-state index in [0.717, 1.165) is 48.6 Å². The standard InChI is InChI=1S/C37H32N6O17S4.4Na/c1-3-59-27-11-7-23(17-29(27)61(47,48)49)40-42-33-31(63(53,54)55)15-19-13-21(5-9-25(19)35(33)44)38-37(46)39-22-6-10-26-20(14-22)16-32(64(56,57)58)34(36(26)45)43-41-24-8-12-28(60-4-2)30(18-24)62(50,51)52;;;;/h5-18,40-41H,3-4H2,1-2H3,(H2,38,39,46)(H,47,48,49)(H,50,51,52)(H,53,54,55)(H,56,57,58);;;;/q;4*+1/p-4. The number of urea groups is 1. The summed E-state index contributed by atoms with van der Waals surface area (Å²) in [6.45, 7) is 3.11. The van der Waals surface area contributed by atoms with Crippen molar-refractivity contribution >= 4 is 104 Å². The molecular formula is C37H28N6Na4O17S4. The number of benzene rings is 4. The third-order valence-electron chi connectivity index (χ3n) is 8.74. The van der Waals surface area contributed by atoms with Crippen molar-refractivity contribution in [2.45, 2.75) is 23.6 Å². The zero-order chi connectivity index (χ0) is 46.9. The first kappa shape index (κ1) is 61.3. The molecule has 31 heteroatoms. The van der Waals surface area contributed by atoms with E-state index in [9.17, 15) is 66.3 Å². The summed E-state index contributed by atoms with van der Waals surface area (Å²) in [4.78, 5) is 36.2. The quantitative estimate of drug-likeness (QED) is 0.0517. The van der Waals surface area contributed by atoms with Gasteiger partial charge in [0.1, 0.15) is 63.4 Å². The second-order valence-electron chi connectivity index (χ2n) is 13.0. The van der Waals surface area contributed by atoms with Crippen LogP contribution in [0.5, 0.6) is 11.5 Å². The molecule has 0 heterocycles. The van der Waals surface area contributed by atoms with Crippen molar-refractivity contribution in [1.82, 2.24) is 0 Å².